The van der Waals surface area contributed by atoms with E-state index in [1.54, 1.807) is 16.6 Å². The first-order valence-corrected chi connectivity index (χ1v) is 5.75. The number of nitrogens with zero attached hydrogens (tertiary/aromatic N) is 4. The number of aromatic nitrogens is 4. The number of aryl methyl sites for hydroxylation is 1. The molecule has 0 unspecified atom stereocenters. The molecule has 16 heavy (non-hydrogen) atoms. The first-order chi connectivity index (χ1) is 7.70. The van der Waals surface area contributed by atoms with Gasteiger partial charge in [0.05, 0.1) is 5.75 Å². The standard InChI is InChI=1S/C9H10N4O2S/c1-2-6-10-11-7-3-4-8(12-13(6)7)16-5-9(14)15/h3-4H,2,5H2,1H3,(H,14,15). The summed E-state index contributed by atoms with van der Waals surface area (Å²) >= 11 is 1.18. The van der Waals surface area contributed by atoms with Crippen LogP contribution in [0.5, 0.6) is 0 Å². The number of hydrogen-bond donors (Lipinski definition) is 1. The molecule has 0 atom stereocenters. The van der Waals surface area contributed by atoms with E-state index in [0.29, 0.717) is 10.7 Å². The zero-order chi connectivity index (χ0) is 11.5. The van der Waals surface area contributed by atoms with Crippen LogP contribution in [0, 0.1) is 0 Å². The van der Waals surface area contributed by atoms with E-state index < -0.39 is 5.97 Å². The molecule has 84 valence electrons. The molecule has 2 heterocycles. The van der Waals surface area contributed by atoms with Gasteiger partial charge in [-0.1, -0.05) is 18.7 Å². The van der Waals surface area contributed by atoms with Crippen LogP contribution in [0.4, 0.5) is 0 Å². The van der Waals surface area contributed by atoms with Crippen LogP contribution in [-0.4, -0.2) is 36.6 Å². The van der Waals surface area contributed by atoms with E-state index in [1.807, 2.05) is 6.92 Å². The molecule has 0 saturated heterocycles. The third kappa shape index (κ3) is 2.13. The highest BCUT2D eigenvalue weighted by Crippen LogP contribution is 2.15. The molecular formula is C9H10N4O2S. The number of fused-ring (bicyclic) bond motifs is 1. The van der Waals surface area contributed by atoms with Crippen LogP contribution < -0.4 is 0 Å². The predicted octanol–water partition coefficient (Wildman–Crippen LogP) is 0.863. The van der Waals surface area contributed by atoms with E-state index >= 15 is 0 Å². The minimum atomic E-state index is -0.855. The highest BCUT2D eigenvalue weighted by molar-refractivity contribution is 7.99. The van der Waals surface area contributed by atoms with Crippen LogP contribution in [0.2, 0.25) is 0 Å². The fourth-order valence-electron chi connectivity index (χ4n) is 1.25. The first-order valence-electron chi connectivity index (χ1n) is 4.76. The molecule has 1 N–H and O–H groups in total. The summed E-state index contributed by atoms with van der Waals surface area (Å²) in [5.74, 6) is -0.0821. The molecule has 0 aliphatic rings. The van der Waals surface area contributed by atoms with E-state index in [1.165, 1.54) is 11.8 Å². The second-order valence-corrected chi connectivity index (χ2v) is 4.09. The molecule has 0 spiro atoms. The molecule has 6 nitrogen and oxygen atoms in total. The average molecular weight is 238 g/mol. The Labute approximate surface area is 95.7 Å². The van der Waals surface area contributed by atoms with Crippen LogP contribution in [0.25, 0.3) is 5.65 Å². The summed E-state index contributed by atoms with van der Waals surface area (Å²) in [5.41, 5.74) is 0.677. The van der Waals surface area contributed by atoms with E-state index in [4.69, 9.17) is 5.11 Å². The van der Waals surface area contributed by atoms with Gasteiger partial charge >= 0.3 is 5.97 Å². The van der Waals surface area contributed by atoms with Crippen molar-refractivity contribution in [3.8, 4) is 0 Å². The Morgan fingerprint density at radius 3 is 3.00 bits per heavy atom. The Hall–Kier alpha value is -1.63. The van der Waals surface area contributed by atoms with Crippen molar-refractivity contribution in [1.29, 1.82) is 0 Å². The SMILES string of the molecule is CCc1nnc2ccc(SCC(=O)O)nn12. The lowest BCUT2D eigenvalue weighted by atomic mass is 10.5. The van der Waals surface area contributed by atoms with Crippen molar-refractivity contribution < 1.29 is 9.90 Å². The molecule has 0 aliphatic carbocycles. The summed E-state index contributed by atoms with van der Waals surface area (Å²) in [7, 11) is 0. The number of hydrogen-bond acceptors (Lipinski definition) is 5. The van der Waals surface area contributed by atoms with Crippen LogP contribution >= 0.6 is 11.8 Å². The van der Waals surface area contributed by atoms with Crippen molar-refractivity contribution in [2.75, 3.05) is 5.75 Å². The Morgan fingerprint density at radius 1 is 1.50 bits per heavy atom. The molecule has 0 fully saturated rings. The lowest BCUT2D eigenvalue weighted by Crippen LogP contribution is -2.01. The van der Waals surface area contributed by atoms with E-state index in [9.17, 15) is 4.79 Å². The second-order valence-electron chi connectivity index (χ2n) is 3.09. The molecule has 7 heteroatoms. The third-order valence-corrected chi connectivity index (χ3v) is 2.87. The number of rotatable bonds is 4. The lowest BCUT2D eigenvalue weighted by Gasteiger charge is -1.99. The molecule has 0 saturated carbocycles. The van der Waals surface area contributed by atoms with Crippen LogP contribution in [0.15, 0.2) is 17.2 Å². The van der Waals surface area contributed by atoms with Crippen molar-refractivity contribution >= 4 is 23.4 Å². The second kappa shape index (κ2) is 4.48. The van der Waals surface area contributed by atoms with Gasteiger partial charge in [0.15, 0.2) is 11.5 Å². The van der Waals surface area contributed by atoms with Gasteiger partial charge in [-0.25, -0.2) is 0 Å². The van der Waals surface area contributed by atoms with Crippen molar-refractivity contribution in [2.24, 2.45) is 0 Å². The van der Waals surface area contributed by atoms with Gasteiger partial charge < -0.3 is 5.11 Å². The molecule has 2 aromatic heterocycles. The van der Waals surface area contributed by atoms with E-state index in [-0.39, 0.29) is 5.75 Å². The van der Waals surface area contributed by atoms with Crippen LogP contribution in [0.1, 0.15) is 12.7 Å². The normalized spacial score (nSPS) is 10.8. The summed E-state index contributed by atoms with van der Waals surface area (Å²) in [6, 6.07) is 3.53. The minimum absolute atomic E-state index is 0.00207. The largest absolute Gasteiger partial charge is 0.481 e. The van der Waals surface area contributed by atoms with Gasteiger partial charge in [-0.3, -0.25) is 4.79 Å². The van der Waals surface area contributed by atoms with Crippen LogP contribution in [0.3, 0.4) is 0 Å². The monoisotopic (exact) mass is 238 g/mol. The lowest BCUT2D eigenvalue weighted by molar-refractivity contribution is -0.133. The maximum absolute atomic E-state index is 10.4. The molecule has 0 bridgehead atoms. The number of carboxylic acid groups (broad SMARTS) is 1. The average Bonchev–Trinajstić information content (AvgIpc) is 2.68. The quantitative estimate of drug-likeness (QED) is 0.796. The fourth-order valence-corrected chi connectivity index (χ4v) is 1.82. The van der Waals surface area contributed by atoms with Crippen LogP contribution in [-0.2, 0) is 11.2 Å². The highest BCUT2D eigenvalue weighted by Gasteiger charge is 2.07. The highest BCUT2D eigenvalue weighted by atomic mass is 32.2. The zero-order valence-electron chi connectivity index (χ0n) is 8.62. The minimum Gasteiger partial charge on any atom is -0.481 e. The van der Waals surface area contributed by atoms with Gasteiger partial charge in [-0.05, 0) is 12.1 Å². The maximum Gasteiger partial charge on any atom is 0.313 e. The van der Waals surface area contributed by atoms with Gasteiger partial charge in [0.2, 0.25) is 0 Å². The summed E-state index contributed by atoms with van der Waals surface area (Å²) in [6.07, 6.45) is 0.737. The van der Waals surface area contributed by atoms with Crippen molar-refractivity contribution in [2.45, 2.75) is 18.4 Å². The fraction of sp³-hybridized carbons (Fsp3) is 0.333. The first kappa shape index (κ1) is 10.9. The smallest absolute Gasteiger partial charge is 0.313 e. The summed E-state index contributed by atoms with van der Waals surface area (Å²) < 4.78 is 1.64. The Kier molecular flexibility index (Phi) is 3.04. The van der Waals surface area contributed by atoms with Gasteiger partial charge in [0.1, 0.15) is 5.03 Å². The molecule has 0 aliphatic heterocycles. The zero-order valence-corrected chi connectivity index (χ0v) is 9.44. The molecular weight excluding hydrogens is 228 g/mol. The Balaban J connectivity index is 2.30. The Morgan fingerprint density at radius 2 is 2.31 bits per heavy atom. The molecule has 2 rings (SSSR count). The molecule has 0 radical (unpaired) electrons. The maximum atomic E-state index is 10.4. The topological polar surface area (TPSA) is 80.4 Å². The third-order valence-electron chi connectivity index (χ3n) is 1.96. The number of carboxylic acids is 1. The summed E-state index contributed by atoms with van der Waals surface area (Å²) in [4.78, 5) is 10.4. The van der Waals surface area contributed by atoms with Gasteiger partial charge in [0.25, 0.3) is 0 Å². The van der Waals surface area contributed by atoms with Gasteiger partial charge in [0, 0.05) is 6.42 Å². The van der Waals surface area contributed by atoms with Crippen molar-refractivity contribution in [3.05, 3.63) is 18.0 Å². The molecule has 0 amide bonds. The molecule has 0 aromatic carbocycles. The van der Waals surface area contributed by atoms with E-state index in [0.717, 1.165) is 12.2 Å². The van der Waals surface area contributed by atoms with E-state index in [2.05, 4.69) is 15.3 Å². The van der Waals surface area contributed by atoms with Crippen molar-refractivity contribution in [3.63, 3.8) is 0 Å². The number of aliphatic carboxylic acids is 1. The number of thioether (sulfide) groups is 1. The predicted molar refractivity (Wildman–Crippen MR) is 58.5 cm³/mol. The van der Waals surface area contributed by atoms with Crippen molar-refractivity contribution in [1.82, 2.24) is 19.8 Å². The van der Waals surface area contributed by atoms with Gasteiger partial charge in [-0.2, -0.15) is 9.61 Å². The van der Waals surface area contributed by atoms with Gasteiger partial charge in [-0.15, -0.1) is 10.2 Å². The summed E-state index contributed by atoms with van der Waals surface area (Å²) in [6.45, 7) is 1.97. The number of carbonyl (C=O) groups is 1. The molecule has 2 aromatic rings. The summed E-state index contributed by atoms with van der Waals surface area (Å²) in [5, 5.41) is 21.4. The Bertz CT molecular complexity index is 525.